The van der Waals surface area contributed by atoms with Gasteiger partial charge in [0.05, 0.1) is 17.1 Å². The molecule has 1 aliphatic heterocycles. The Labute approximate surface area is 131 Å². The third kappa shape index (κ3) is 3.85. The standard InChI is InChI=1S/C15H22N2O4S/c1-4-16-22(19,20)14-7-5-13(6-8-14)15(18)17-9-11(2)21-12(3)10-17/h5-8,11-12,16H,4,9-10H2,1-3H3/t11-,12-/m1/s1. The normalized spacial score (nSPS) is 22.6. The maximum atomic E-state index is 12.5. The molecule has 0 aliphatic carbocycles. The second kappa shape index (κ2) is 6.76. The molecule has 1 N–H and O–H groups in total. The maximum Gasteiger partial charge on any atom is 0.254 e. The van der Waals surface area contributed by atoms with Crippen molar-refractivity contribution in [3.05, 3.63) is 29.8 Å². The van der Waals surface area contributed by atoms with Crippen LogP contribution in [0.25, 0.3) is 0 Å². The van der Waals surface area contributed by atoms with Gasteiger partial charge in [-0.1, -0.05) is 6.92 Å². The fourth-order valence-corrected chi connectivity index (χ4v) is 3.62. The second-order valence-corrected chi connectivity index (χ2v) is 7.26. The number of hydrogen-bond acceptors (Lipinski definition) is 4. The lowest BCUT2D eigenvalue weighted by Gasteiger charge is -2.35. The molecule has 1 aromatic rings. The van der Waals surface area contributed by atoms with E-state index < -0.39 is 10.0 Å². The fraction of sp³-hybridized carbons (Fsp3) is 0.533. The molecule has 1 amide bonds. The van der Waals surface area contributed by atoms with Gasteiger partial charge in [0.15, 0.2) is 0 Å². The van der Waals surface area contributed by atoms with Gasteiger partial charge in [0.25, 0.3) is 5.91 Å². The summed E-state index contributed by atoms with van der Waals surface area (Å²) in [5, 5.41) is 0. The van der Waals surface area contributed by atoms with Crippen LogP contribution >= 0.6 is 0 Å². The van der Waals surface area contributed by atoms with Gasteiger partial charge in [-0.25, -0.2) is 13.1 Å². The summed E-state index contributed by atoms with van der Waals surface area (Å²) < 4.78 is 31.8. The maximum absolute atomic E-state index is 12.5. The zero-order valence-corrected chi connectivity index (χ0v) is 13.9. The summed E-state index contributed by atoms with van der Waals surface area (Å²) in [7, 11) is -3.49. The Hall–Kier alpha value is -1.44. The molecule has 1 aliphatic rings. The average molecular weight is 326 g/mol. The van der Waals surface area contributed by atoms with Crippen molar-refractivity contribution in [3.8, 4) is 0 Å². The first-order valence-electron chi connectivity index (χ1n) is 7.38. The molecule has 0 unspecified atom stereocenters. The zero-order valence-electron chi connectivity index (χ0n) is 13.1. The molecule has 0 aromatic heterocycles. The summed E-state index contributed by atoms with van der Waals surface area (Å²) in [6.07, 6.45) is 0.00205. The zero-order chi connectivity index (χ0) is 16.3. The Morgan fingerprint density at radius 1 is 1.23 bits per heavy atom. The van der Waals surface area contributed by atoms with Crippen molar-refractivity contribution in [1.82, 2.24) is 9.62 Å². The third-order valence-corrected chi connectivity index (χ3v) is 5.01. The quantitative estimate of drug-likeness (QED) is 0.903. The van der Waals surface area contributed by atoms with E-state index in [4.69, 9.17) is 4.74 Å². The third-order valence-electron chi connectivity index (χ3n) is 3.45. The monoisotopic (exact) mass is 326 g/mol. The van der Waals surface area contributed by atoms with Gasteiger partial charge in [0.2, 0.25) is 10.0 Å². The minimum absolute atomic E-state index is 0.00102. The number of benzene rings is 1. The van der Waals surface area contributed by atoms with Crippen molar-refractivity contribution in [1.29, 1.82) is 0 Å². The van der Waals surface area contributed by atoms with E-state index in [0.29, 0.717) is 25.2 Å². The number of sulfonamides is 1. The summed E-state index contributed by atoms with van der Waals surface area (Å²) in [4.78, 5) is 14.4. The molecule has 1 aromatic carbocycles. The molecule has 122 valence electrons. The highest BCUT2D eigenvalue weighted by molar-refractivity contribution is 7.89. The second-order valence-electron chi connectivity index (χ2n) is 5.49. The van der Waals surface area contributed by atoms with Crippen LogP contribution in [0, 0.1) is 0 Å². The number of carbonyl (C=O) groups excluding carboxylic acids is 1. The molecule has 0 bridgehead atoms. The molecule has 1 saturated heterocycles. The first-order chi connectivity index (χ1) is 10.3. The Balaban J connectivity index is 2.15. The van der Waals surface area contributed by atoms with Gasteiger partial charge < -0.3 is 9.64 Å². The van der Waals surface area contributed by atoms with Gasteiger partial charge in [-0.3, -0.25) is 4.79 Å². The van der Waals surface area contributed by atoms with E-state index in [1.807, 2.05) is 13.8 Å². The number of morpholine rings is 1. The highest BCUT2D eigenvalue weighted by Gasteiger charge is 2.26. The van der Waals surface area contributed by atoms with Crippen molar-refractivity contribution >= 4 is 15.9 Å². The van der Waals surface area contributed by atoms with Crippen LogP contribution in [0.1, 0.15) is 31.1 Å². The van der Waals surface area contributed by atoms with E-state index in [0.717, 1.165) is 0 Å². The molecule has 7 heteroatoms. The van der Waals surface area contributed by atoms with Gasteiger partial charge in [0.1, 0.15) is 0 Å². The predicted octanol–water partition coefficient (Wildman–Crippen LogP) is 1.23. The lowest BCUT2D eigenvalue weighted by atomic mass is 10.1. The lowest BCUT2D eigenvalue weighted by Crippen LogP contribution is -2.48. The van der Waals surface area contributed by atoms with Crippen LogP contribution in [-0.2, 0) is 14.8 Å². The number of nitrogens with zero attached hydrogens (tertiary/aromatic N) is 1. The molecule has 0 radical (unpaired) electrons. The number of amides is 1. The molecule has 2 atom stereocenters. The summed E-state index contributed by atoms with van der Waals surface area (Å²) in [6, 6.07) is 6.02. The van der Waals surface area contributed by atoms with Crippen LogP contribution in [0.2, 0.25) is 0 Å². The van der Waals surface area contributed by atoms with E-state index in [1.54, 1.807) is 24.0 Å². The molecule has 0 saturated carbocycles. The first kappa shape index (κ1) is 16.9. The smallest absolute Gasteiger partial charge is 0.254 e. The average Bonchev–Trinajstić information content (AvgIpc) is 2.45. The Kier molecular flexibility index (Phi) is 5.20. The summed E-state index contributed by atoms with van der Waals surface area (Å²) in [6.45, 7) is 6.99. The lowest BCUT2D eigenvalue weighted by molar-refractivity contribution is -0.0586. The Bertz CT molecular complexity index is 617. The van der Waals surface area contributed by atoms with E-state index in [9.17, 15) is 13.2 Å². The SMILES string of the molecule is CCNS(=O)(=O)c1ccc(C(=O)N2C[C@@H](C)O[C@H](C)C2)cc1. The van der Waals surface area contributed by atoms with Crippen LogP contribution in [0.15, 0.2) is 29.2 Å². The van der Waals surface area contributed by atoms with Crippen LogP contribution in [0.3, 0.4) is 0 Å². The number of rotatable bonds is 4. The Morgan fingerprint density at radius 2 is 1.77 bits per heavy atom. The van der Waals surface area contributed by atoms with Gasteiger partial charge in [0, 0.05) is 25.2 Å². The first-order valence-corrected chi connectivity index (χ1v) is 8.86. The van der Waals surface area contributed by atoms with Crippen molar-refractivity contribution in [2.45, 2.75) is 37.9 Å². The van der Waals surface area contributed by atoms with Gasteiger partial charge in [-0.2, -0.15) is 0 Å². The molecule has 22 heavy (non-hydrogen) atoms. The molecular weight excluding hydrogens is 304 g/mol. The van der Waals surface area contributed by atoms with Crippen LogP contribution in [0.4, 0.5) is 0 Å². The minimum Gasteiger partial charge on any atom is -0.372 e. The van der Waals surface area contributed by atoms with E-state index in [-0.39, 0.29) is 23.0 Å². The van der Waals surface area contributed by atoms with Crippen LogP contribution in [0.5, 0.6) is 0 Å². The van der Waals surface area contributed by atoms with E-state index in [2.05, 4.69) is 4.72 Å². The molecule has 1 fully saturated rings. The topological polar surface area (TPSA) is 75.7 Å². The molecule has 0 spiro atoms. The number of hydrogen-bond donors (Lipinski definition) is 1. The summed E-state index contributed by atoms with van der Waals surface area (Å²) >= 11 is 0. The predicted molar refractivity (Wildman–Crippen MR) is 83.2 cm³/mol. The minimum atomic E-state index is -3.49. The fourth-order valence-electron chi connectivity index (χ4n) is 2.58. The van der Waals surface area contributed by atoms with E-state index in [1.165, 1.54) is 12.1 Å². The summed E-state index contributed by atoms with van der Waals surface area (Å²) in [5.74, 6) is -0.102. The van der Waals surface area contributed by atoms with Crippen molar-refractivity contribution in [3.63, 3.8) is 0 Å². The van der Waals surface area contributed by atoms with E-state index >= 15 is 0 Å². The Morgan fingerprint density at radius 3 is 2.27 bits per heavy atom. The largest absolute Gasteiger partial charge is 0.372 e. The summed E-state index contributed by atoms with van der Waals surface area (Å²) in [5.41, 5.74) is 0.483. The molecule has 2 rings (SSSR count). The highest BCUT2D eigenvalue weighted by Crippen LogP contribution is 2.16. The highest BCUT2D eigenvalue weighted by atomic mass is 32.2. The van der Waals surface area contributed by atoms with Crippen LogP contribution in [-0.4, -0.2) is 51.1 Å². The van der Waals surface area contributed by atoms with Crippen LogP contribution < -0.4 is 4.72 Å². The molecular formula is C15H22N2O4S. The number of nitrogens with one attached hydrogen (secondary N) is 1. The number of ether oxygens (including phenoxy) is 1. The van der Waals surface area contributed by atoms with Crippen molar-refractivity contribution in [2.75, 3.05) is 19.6 Å². The van der Waals surface area contributed by atoms with Gasteiger partial charge in [-0.05, 0) is 38.1 Å². The molecule has 1 heterocycles. The number of carbonyl (C=O) groups is 1. The molecule has 6 nitrogen and oxygen atoms in total. The van der Waals surface area contributed by atoms with Crippen molar-refractivity contribution < 1.29 is 17.9 Å². The van der Waals surface area contributed by atoms with Crippen molar-refractivity contribution in [2.24, 2.45) is 0 Å². The van der Waals surface area contributed by atoms with Gasteiger partial charge in [-0.15, -0.1) is 0 Å². The van der Waals surface area contributed by atoms with Gasteiger partial charge >= 0.3 is 0 Å².